The third-order valence-corrected chi connectivity index (χ3v) is 4.03. The highest BCUT2D eigenvalue weighted by Gasteiger charge is 2.45. The molecule has 4 N–H and O–H groups in total. The molecule has 23 heavy (non-hydrogen) atoms. The molecular weight excluding hydrogens is 300 g/mol. The highest BCUT2D eigenvalue weighted by Crippen LogP contribution is 2.44. The van der Waals surface area contributed by atoms with Gasteiger partial charge in [-0.05, 0) is 30.5 Å². The van der Waals surface area contributed by atoms with E-state index in [4.69, 9.17) is 10.5 Å². The number of carboxylic acid groups (broad SMARTS) is 1. The van der Waals surface area contributed by atoms with Gasteiger partial charge >= 0.3 is 5.97 Å². The summed E-state index contributed by atoms with van der Waals surface area (Å²) < 4.78 is 5.19. The van der Waals surface area contributed by atoms with Crippen LogP contribution in [0.1, 0.15) is 31.2 Å². The maximum atomic E-state index is 12.0. The van der Waals surface area contributed by atoms with Crippen LogP contribution < -0.4 is 15.8 Å². The molecule has 2 rings (SSSR count). The number of carbonyl (C=O) groups excluding carboxylic acids is 2. The molecule has 0 spiro atoms. The number of primary amides is 1. The van der Waals surface area contributed by atoms with E-state index in [0.29, 0.717) is 18.6 Å². The lowest BCUT2D eigenvalue weighted by molar-refractivity contribution is -0.157. The molecule has 0 radical (unpaired) electrons. The van der Waals surface area contributed by atoms with Crippen molar-refractivity contribution in [2.45, 2.75) is 32.2 Å². The second-order valence-electron chi connectivity index (χ2n) is 5.79. The molecule has 0 aromatic heterocycles. The Bertz CT molecular complexity index is 610. The first-order chi connectivity index (χ1) is 10.9. The van der Waals surface area contributed by atoms with Crippen LogP contribution >= 0.6 is 0 Å². The van der Waals surface area contributed by atoms with Gasteiger partial charge in [0.1, 0.15) is 5.75 Å². The maximum Gasteiger partial charge on any atom is 0.310 e. The number of hydrogen-bond acceptors (Lipinski definition) is 4. The second kappa shape index (κ2) is 7.13. The summed E-state index contributed by atoms with van der Waals surface area (Å²) in [4.78, 5) is 33.9. The number of carbonyl (C=O) groups is 3. The number of rotatable bonds is 8. The van der Waals surface area contributed by atoms with E-state index in [1.165, 1.54) is 0 Å². The quantitative estimate of drug-likeness (QED) is 0.655. The molecule has 1 aromatic carbocycles. The molecule has 1 aromatic rings. The molecular formula is C16H20N2O5. The van der Waals surface area contributed by atoms with Crippen molar-refractivity contribution >= 4 is 17.8 Å². The van der Waals surface area contributed by atoms with Crippen LogP contribution in [0.3, 0.4) is 0 Å². The molecule has 0 heterocycles. The molecule has 7 heteroatoms. The zero-order chi connectivity index (χ0) is 16.9. The highest BCUT2D eigenvalue weighted by atomic mass is 16.5. The Morgan fingerprint density at radius 1 is 1.30 bits per heavy atom. The number of nitrogens with one attached hydrogen (secondary N) is 1. The third kappa shape index (κ3) is 4.45. The maximum absolute atomic E-state index is 12.0. The summed E-state index contributed by atoms with van der Waals surface area (Å²) in [6, 6.07) is 6.91. The average molecular weight is 320 g/mol. The molecule has 1 aliphatic carbocycles. The van der Waals surface area contributed by atoms with Gasteiger partial charge in [0.25, 0.3) is 5.91 Å². The van der Waals surface area contributed by atoms with Crippen molar-refractivity contribution in [3.8, 4) is 5.75 Å². The average Bonchev–Trinajstić information content (AvgIpc) is 2.47. The fraction of sp³-hybridized carbons (Fsp3) is 0.438. The lowest BCUT2D eigenvalue weighted by Gasteiger charge is -2.36. The summed E-state index contributed by atoms with van der Waals surface area (Å²) in [7, 11) is 0. The summed E-state index contributed by atoms with van der Waals surface area (Å²) in [6.45, 7) is 0.0548. The summed E-state index contributed by atoms with van der Waals surface area (Å²) in [6.07, 6.45) is 1.94. The van der Waals surface area contributed by atoms with Crippen molar-refractivity contribution in [2.24, 2.45) is 11.1 Å². The van der Waals surface area contributed by atoms with E-state index in [0.717, 1.165) is 12.0 Å². The van der Waals surface area contributed by atoms with E-state index in [-0.39, 0.29) is 25.5 Å². The smallest absolute Gasteiger partial charge is 0.310 e. The first kappa shape index (κ1) is 16.8. The van der Waals surface area contributed by atoms with Gasteiger partial charge in [0, 0.05) is 13.0 Å². The van der Waals surface area contributed by atoms with E-state index in [9.17, 15) is 19.5 Å². The monoisotopic (exact) mass is 320 g/mol. The summed E-state index contributed by atoms with van der Waals surface area (Å²) >= 11 is 0. The van der Waals surface area contributed by atoms with Crippen molar-refractivity contribution in [1.82, 2.24) is 5.32 Å². The van der Waals surface area contributed by atoms with Crippen LogP contribution in [-0.4, -0.2) is 29.5 Å². The van der Waals surface area contributed by atoms with Crippen LogP contribution in [0.5, 0.6) is 5.75 Å². The summed E-state index contributed by atoms with van der Waals surface area (Å²) in [5.41, 5.74) is 4.91. The molecule has 0 saturated heterocycles. The number of hydrogen-bond donors (Lipinski definition) is 3. The first-order valence-electron chi connectivity index (χ1n) is 7.41. The first-order valence-corrected chi connectivity index (χ1v) is 7.41. The van der Waals surface area contributed by atoms with E-state index in [2.05, 4.69) is 5.32 Å². The Hall–Kier alpha value is -2.57. The second-order valence-corrected chi connectivity index (χ2v) is 5.79. The number of nitrogens with two attached hydrogens (primary N) is 1. The Labute approximate surface area is 133 Å². The largest absolute Gasteiger partial charge is 0.484 e. The van der Waals surface area contributed by atoms with Crippen molar-refractivity contribution < 1.29 is 24.2 Å². The van der Waals surface area contributed by atoms with Crippen molar-refractivity contribution in [3.05, 3.63) is 29.8 Å². The van der Waals surface area contributed by atoms with Crippen molar-refractivity contribution in [3.63, 3.8) is 0 Å². The van der Waals surface area contributed by atoms with E-state index in [1.807, 2.05) is 0 Å². The zero-order valence-corrected chi connectivity index (χ0v) is 12.7. The lowest BCUT2D eigenvalue weighted by atomic mass is 9.66. The molecule has 0 unspecified atom stereocenters. The number of aliphatic carboxylic acids is 1. The van der Waals surface area contributed by atoms with Gasteiger partial charge in [-0.1, -0.05) is 18.6 Å². The zero-order valence-electron chi connectivity index (χ0n) is 12.7. The summed E-state index contributed by atoms with van der Waals surface area (Å²) in [5, 5.41) is 11.9. The predicted octanol–water partition coefficient (Wildman–Crippen LogP) is 0.812. The van der Waals surface area contributed by atoms with Crippen LogP contribution in [0.25, 0.3) is 0 Å². The van der Waals surface area contributed by atoms with E-state index in [1.54, 1.807) is 24.3 Å². The van der Waals surface area contributed by atoms with Crippen LogP contribution in [0, 0.1) is 5.41 Å². The Balaban J connectivity index is 1.85. The van der Waals surface area contributed by atoms with E-state index < -0.39 is 17.3 Å². The molecule has 2 amide bonds. The number of ether oxygens (including phenoxy) is 1. The molecule has 1 aliphatic rings. The number of carboxylic acids is 1. The van der Waals surface area contributed by atoms with Gasteiger partial charge in [0.15, 0.2) is 6.61 Å². The molecule has 124 valence electrons. The summed E-state index contributed by atoms with van der Waals surface area (Å²) in [5.74, 6) is -1.27. The normalized spacial score (nSPS) is 15.3. The van der Waals surface area contributed by atoms with Gasteiger partial charge < -0.3 is 20.9 Å². The fourth-order valence-electron chi connectivity index (χ4n) is 2.54. The van der Waals surface area contributed by atoms with Crippen LogP contribution in [0.2, 0.25) is 0 Å². The van der Waals surface area contributed by atoms with Crippen LogP contribution in [0.15, 0.2) is 24.3 Å². The topological polar surface area (TPSA) is 119 Å². The number of benzene rings is 1. The van der Waals surface area contributed by atoms with Gasteiger partial charge in [-0.15, -0.1) is 0 Å². The minimum Gasteiger partial charge on any atom is -0.484 e. The number of amides is 2. The van der Waals surface area contributed by atoms with Gasteiger partial charge in [-0.2, -0.15) is 0 Å². The minimum absolute atomic E-state index is 0.000198. The van der Waals surface area contributed by atoms with Gasteiger partial charge in [0.2, 0.25) is 5.91 Å². The molecule has 0 aliphatic heterocycles. The standard InChI is InChI=1S/C16H20N2O5/c17-13(19)10-23-12-4-1-3-11(7-12)9-18-14(20)8-16(15(21)22)5-2-6-16/h1,3-4,7H,2,5-6,8-10H2,(H2,17,19)(H,18,20)(H,21,22). The lowest BCUT2D eigenvalue weighted by Crippen LogP contribution is -2.42. The van der Waals surface area contributed by atoms with Crippen molar-refractivity contribution in [1.29, 1.82) is 0 Å². The Morgan fingerprint density at radius 2 is 2.04 bits per heavy atom. The van der Waals surface area contributed by atoms with Gasteiger partial charge in [0.05, 0.1) is 5.41 Å². The van der Waals surface area contributed by atoms with E-state index >= 15 is 0 Å². The Kier molecular flexibility index (Phi) is 5.20. The third-order valence-electron chi connectivity index (χ3n) is 4.03. The molecule has 1 saturated carbocycles. The highest BCUT2D eigenvalue weighted by molar-refractivity contribution is 5.85. The van der Waals surface area contributed by atoms with Gasteiger partial charge in [-0.25, -0.2) is 0 Å². The SMILES string of the molecule is NC(=O)COc1cccc(CNC(=O)CC2(C(=O)O)CCC2)c1. The molecule has 1 fully saturated rings. The minimum atomic E-state index is -0.902. The van der Waals surface area contributed by atoms with Gasteiger partial charge in [-0.3, -0.25) is 14.4 Å². The molecule has 7 nitrogen and oxygen atoms in total. The molecule has 0 atom stereocenters. The van der Waals surface area contributed by atoms with Crippen molar-refractivity contribution in [2.75, 3.05) is 6.61 Å². The van der Waals surface area contributed by atoms with Crippen LogP contribution in [0.4, 0.5) is 0 Å². The predicted molar refractivity (Wildman–Crippen MR) is 81.5 cm³/mol. The fourth-order valence-corrected chi connectivity index (χ4v) is 2.54. The molecule has 0 bridgehead atoms. The van der Waals surface area contributed by atoms with Crippen LogP contribution in [-0.2, 0) is 20.9 Å². The Morgan fingerprint density at radius 3 is 2.61 bits per heavy atom.